The summed E-state index contributed by atoms with van der Waals surface area (Å²) in [5, 5.41) is -0.250. The second kappa shape index (κ2) is 5.46. The lowest BCUT2D eigenvalue weighted by Crippen LogP contribution is -2.11. The molecule has 117 valence electrons. The first-order valence-corrected chi connectivity index (χ1v) is 6.03. The predicted molar refractivity (Wildman–Crippen MR) is 65.7 cm³/mol. The fourth-order valence-corrected chi connectivity index (χ4v) is 2.07. The van der Waals surface area contributed by atoms with Crippen LogP contribution in [0.2, 0.25) is 5.02 Å². The molecular weight excluding hydrogens is 337 g/mol. The molecule has 0 amide bonds. The lowest BCUT2D eigenvalue weighted by Gasteiger charge is -2.17. The smallest absolute Gasteiger partial charge is 0.207 e. The Morgan fingerprint density at radius 1 is 0.864 bits per heavy atom. The van der Waals surface area contributed by atoms with Crippen molar-refractivity contribution in [3.05, 3.63) is 58.4 Å². The van der Waals surface area contributed by atoms with Crippen LogP contribution in [0.5, 0.6) is 0 Å². The third kappa shape index (κ3) is 3.35. The Hall–Kier alpha value is -1.76. The molecule has 0 spiro atoms. The predicted octanol–water partition coefficient (Wildman–Crippen LogP) is 5.98. The van der Waals surface area contributed by atoms with Crippen LogP contribution in [0.15, 0.2) is 30.3 Å². The molecule has 0 fully saturated rings. The van der Waals surface area contributed by atoms with Crippen molar-refractivity contribution in [2.75, 3.05) is 0 Å². The van der Waals surface area contributed by atoms with E-state index in [-0.39, 0.29) is 5.02 Å². The Labute approximate surface area is 125 Å². The van der Waals surface area contributed by atoms with E-state index in [4.69, 9.17) is 11.6 Å². The van der Waals surface area contributed by atoms with E-state index < -0.39 is 40.4 Å². The van der Waals surface area contributed by atoms with Gasteiger partial charge in [0.15, 0.2) is 0 Å². The first kappa shape index (κ1) is 16.6. The van der Waals surface area contributed by atoms with Gasteiger partial charge in [0.25, 0.3) is 0 Å². The van der Waals surface area contributed by atoms with E-state index in [1.807, 2.05) is 0 Å². The van der Waals surface area contributed by atoms with E-state index in [0.717, 1.165) is 6.07 Å². The van der Waals surface area contributed by atoms with Crippen LogP contribution in [0.1, 0.15) is 11.1 Å². The van der Waals surface area contributed by atoms with Gasteiger partial charge < -0.3 is 0 Å². The average molecular weight is 342 g/mol. The summed E-state index contributed by atoms with van der Waals surface area (Å²) in [6.45, 7) is 0. The second-order valence-corrected chi connectivity index (χ2v) is 4.73. The van der Waals surface area contributed by atoms with Crippen LogP contribution in [0.25, 0.3) is 11.1 Å². The maximum Gasteiger partial charge on any atom is 0.417 e. The Bertz CT molecular complexity index is 640. The first-order valence-electron chi connectivity index (χ1n) is 5.65. The molecule has 0 unspecified atom stereocenters. The summed E-state index contributed by atoms with van der Waals surface area (Å²) in [5.41, 5.74) is -4.67. The fraction of sp³-hybridized carbons (Fsp3) is 0.143. The highest BCUT2D eigenvalue weighted by molar-refractivity contribution is 6.30. The normalized spacial score (nSPS) is 12.5. The van der Waals surface area contributed by atoms with Crippen molar-refractivity contribution in [3.63, 3.8) is 0 Å². The molecule has 2 aromatic carbocycles. The zero-order valence-electron chi connectivity index (χ0n) is 10.4. The maximum absolute atomic E-state index is 13.3. The average Bonchev–Trinajstić information content (AvgIpc) is 2.35. The van der Waals surface area contributed by atoms with Crippen molar-refractivity contribution in [2.24, 2.45) is 0 Å². The molecule has 0 heterocycles. The molecule has 0 aliphatic carbocycles. The van der Waals surface area contributed by atoms with E-state index in [9.17, 15) is 30.7 Å². The molecular formula is C14H5ClF7. The summed E-state index contributed by atoms with van der Waals surface area (Å²) >= 11 is 5.55. The fourth-order valence-electron chi connectivity index (χ4n) is 1.90. The molecule has 0 aromatic heterocycles. The van der Waals surface area contributed by atoms with Crippen LogP contribution >= 0.6 is 11.6 Å². The summed E-state index contributed by atoms with van der Waals surface area (Å²) in [6, 6.07) is 4.56. The van der Waals surface area contributed by atoms with Crippen molar-refractivity contribution < 1.29 is 30.7 Å². The van der Waals surface area contributed by atoms with Gasteiger partial charge in [0, 0.05) is 5.02 Å². The molecule has 0 saturated carbocycles. The van der Waals surface area contributed by atoms with Gasteiger partial charge in [-0.2, -0.15) is 26.3 Å². The van der Waals surface area contributed by atoms with Gasteiger partial charge in [0.2, 0.25) is 0 Å². The maximum atomic E-state index is 13.3. The van der Waals surface area contributed by atoms with Crippen LogP contribution in [0.3, 0.4) is 0 Å². The van der Waals surface area contributed by atoms with E-state index >= 15 is 0 Å². The summed E-state index contributed by atoms with van der Waals surface area (Å²) < 4.78 is 90.9. The van der Waals surface area contributed by atoms with Gasteiger partial charge in [0.1, 0.15) is 5.82 Å². The molecule has 0 aliphatic rings. The minimum absolute atomic E-state index is 0.250. The molecule has 0 aliphatic heterocycles. The van der Waals surface area contributed by atoms with E-state index in [0.29, 0.717) is 24.3 Å². The molecule has 22 heavy (non-hydrogen) atoms. The SMILES string of the molecule is Fc1ccc(C(F)(F)F)c(-c2cc(Cl)c[c]c2C(F)(F)F)c1. The topological polar surface area (TPSA) is 0 Å². The highest BCUT2D eigenvalue weighted by Crippen LogP contribution is 2.43. The monoisotopic (exact) mass is 341 g/mol. The minimum atomic E-state index is -4.96. The van der Waals surface area contributed by atoms with Crippen molar-refractivity contribution in [1.29, 1.82) is 0 Å². The Morgan fingerprint density at radius 3 is 2.05 bits per heavy atom. The van der Waals surface area contributed by atoms with Crippen LogP contribution in [-0.4, -0.2) is 0 Å². The van der Waals surface area contributed by atoms with Gasteiger partial charge in [-0.15, -0.1) is 0 Å². The van der Waals surface area contributed by atoms with E-state index in [1.54, 1.807) is 6.07 Å². The van der Waals surface area contributed by atoms with Crippen LogP contribution < -0.4 is 0 Å². The molecule has 2 rings (SSSR count). The van der Waals surface area contributed by atoms with Crippen molar-refractivity contribution in [2.45, 2.75) is 12.4 Å². The first-order chi connectivity index (χ1) is 10.00. The lowest BCUT2D eigenvalue weighted by atomic mass is 9.94. The lowest BCUT2D eigenvalue weighted by molar-refractivity contribution is -0.139. The van der Waals surface area contributed by atoms with Gasteiger partial charge in [-0.25, -0.2) is 4.39 Å². The van der Waals surface area contributed by atoms with Crippen LogP contribution in [0.4, 0.5) is 30.7 Å². The number of alkyl halides is 6. The number of hydrogen-bond acceptors (Lipinski definition) is 0. The second-order valence-electron chi connectivity index (χ2n) is 4.29. The Morgan fingerprint density at radius 2 is 1.50 bits per heavy atom. The highest BCUT2D eigenvalue weighted by Gasteiger charge is 2.38. The Kier molecular flexibility index (Phi) is 4.12. The van der Waals surface area contributed by atoms with E-state index in [2.05, 4.69) is 0 Å². The third-order valence-corrected chi connectivity index (χ3v) is 2.98. The minimum Gasteiger partial charge on any atom is -0.207 e. The number of rotatable bonds is 1. The largest absolute Gasteiger partial charge is 0.417 e. The van der Waals surface area contributed by atoms with E-state index in [1.165, 1.54) is 0 Å². The molecule has 2 aromatic rings. The number of hydrogen-bond donors (Lipinski definition) is 0. The molecule has 0 nitrogen and oxygen atoms in total. The van der Waals surface area contributed by atoms with Crippen LogP contribution in [-0.2, 0) is 12.4 Å². The number of benzene rings is 2. The highest BCUT2D eigenvalue weighted by atomic mass is 35.5. The van der Waals surface area contributed by atoms with Gasteiger partial charge in [0.05, 0.1) is 11.1 Å². The van der Waals surface area contributed by atoms with Crippen molar-refractivity contribution in [3.8, 4) is 11.1 Å². The Balaban J connectivity index is 2.82. The molecule has 0 atom stereocenters. The summed E-state index contributed by atoms with van der Waals surface area (Å²) in [7, 11) is 0. The molecule has 0 bridgehead atoms. The molecule has 1 radical (unpaired) electrons. The van der Waals surface area contributed by atoms with Gasteiger partial charge in [-0.05, 0) is 47.5 Å². The van der Waals surface area contributed by atoms with Crippen LogP contribution in [0, 0.1) is 11.9 Å². The van der Waals surface area contributed by atoms with Gasteiger partial charge in [-0.3, -0.25) is 0 Å². The zero-order valence-corrected chi connectivity index (χ0v) is 11.2. The van der Waals surface area contributed by atoms with Crippen molar-refractivity contribution in [1.82, 2.24) is 0 Å². The summed E-state index contributed by atoms with van der Waals surface area (Å²) in [6.07, 6.45) is -9.91. The van der Waals surface area contributed by atoms with Gasteiger partial charge in [-0.1, -0.05) is 11.6 Å². The quantitative estimate of drug-likeness (QED) is 0.559. The van der Waals surface area contributed by atoms with Crippen molar-refractivity contribution >= 4 is 11.6 Å². The third-order valence-electron chi connectivity index (χ3n) is 2.77. The number of halogens is 8. The summed E-state index contributed by atoms with van der Waals surface area (Å²) in [5.74, 6) is -1.10. The molecule has 0 saturated heterocycles. The molecule has 0 N–H and O–H groups in total. The summed E-state index contributed by atoms with van der Waals surface area (Å²) in [4.78, 5) is 0. The zero-order chi connectivity index (χ0) is 16.7. The molecule has 8 heteroatoms. The standard InChI is InChI=1S/C14H5ClF7/c15-7-1-3-11(13(17,18)19)9(5-7)10-6-8(16)2-4-12(10)14(20,21)22/h1-2,4-6H. The van der Waals surface area contributed by atoms with Gasteiger partial charge >= 0.3 is 12.4 Å².